The fourth-order valence-corrected chi connectivity index (χ4v) is 3.91. The normalized spacial score (nSPS) is 15.6. The summed E-state index contributed by atoms with van der Waals surface area (Å²) in [6.45, 7) is 6.04. The monoisotopic (exact) mass is 448 g/mol. The van der Waals surface area contributed by atoms with E-state index in [-0.39, 0.29) is 16.7 Å². The Hall–Kier alpha value is -3.94. The third-order valence-electron chi connectivity index (χ3n) is 5.49. The number of anilines is 1. The van der Waals surface area contributed by atoms with Crippen LogP contribution < -0.4 is 16.3 Å². The lowest BCUT2D eigenvalue weighted by Crippen LogP contribution is -2.41. The summed E-state index contributed by atoms with van der Waals surface area (Å²) in [4.78, 5) is 25.0. The van der Waals surface area contributed by atoms with Crippen LogP contribution in [0.3, 0.4) is 0 Å². The highest BCUT2D eigenvalue weighted by atomic mass is 19.1. The molecule has 170 valence electrons. The molecule has 0 spiro atoms. The van der Waals surface area contributed by atoms with Crippen molar-refractivity contribution in [1.29, 1.82) is 0 Å². The van der Waals surface area contributed by atoms with E-state index in [1.54, 1.807) is 6.92 Å². The number of hydrogen-bond donors (Lipinski definition) is 3. The van der Waals surface area contributed by atoms with Gasteiger partial charge >= 0.3 is 5.91 Å². The maximum absolute atomic E-state index is 13.1. The number of nitrogens with one attached hydrogen (secondary N) is 3. The summed E-state index contributed by atoms with van der Waals surface area (Å²) >= 11 is 0. The van der Waals surface area contributed by atoms with E-state index in [9.17, 15) is 14.0 Å². The van der Waals surface area contributed by atoms with Crippen molar-refractivity contribution in [3.05, 3.63) is 88.6 Å². The fraction of sp³-hybridized carbons (Fsp3) is 0.240. The molecule has 1 aromatic heterocycles. The smallest absolute Gasteiger partial charge is 0.305 e. The van der Waals surface area contributed by atoms with E-state index in [0.29, 0.717) is 24.2 Å². The number of carbonyl (C=O) groups is 2. The first kappa shape index (κ1) is 22.3. The minimum atomic E-state index is -0.578. The van der Waals surface area contributed by atoms with E-state index >= 15 is 0 Å². The molecule has 4 rings (SSSR count). The van der Waals surface area contributed by atoms with Crippen molar-refractivity contribution in [2.24, 2.45) is 10.5 Å². The van der Waals surface area contributed by atoms with Crippen molar-refractivity contribution in [2.75, 3.05) is 5.43 Å². The Morgan fingerprint density at radius 3 is 2.33 bits per heavy atom. The molecular weight excluding hydrogens is 423 g/mol. The molecule has 0 atom stereocenters. The van der Waals surface area contributed by atoms with Gasteiger partial charge in [0.25, 0.3) is 5.91 Å². The first-order valence-electron chi connectivity index (χ1n) is 10.6. The van der Waals surface area contributed by atoms with Crippen LogP contribution in [0.2, 0.25) is 0 Å². The molecule has 2 aromatic carbocycles. The molecule has 33 heavy (non-hydrogen) atoms. The van der Waals surface area contributed by atoms with E-state index in [1.807, 2.05) is 30.3 Å². The van der Waals surface area contributed by atoms with Gasteiger partial charge in [-0.2, -0.15) is 5.10 Å². The summed E-state index contributed by atoms with van der Waals surface area (Å²) in [6, 6.07) is 14.6. The molecule has 0 radical (unpaired) electrons. The molecule has 0 saturated heterocycles. The Kier molecular flexibility index (Phi) is 6.00. The van der Waals surface area contributed by atoms with Gasteiger partial charge in [-0.3, -0.25) is 25.9 Å². The van der Waals surface area contributed by atoms with Gasteiger partial charge in [0.2, 0.25) is 0 Å². The van der Waals surface area contributed by atoms with Crippen LogP contribution in [-0.2, 0) is 6.42 Å². The van der Waals surface area contributed by atoms with Crippen LogP contribution in [0.5, 0.6) is 0 Å². The standard InChI is InChI=1S/C25H25FN4O3/c1-15-21-19(28-27-18-7-5-4-6-8-18)13-25(2,3)14-20(21)33-22(15)24(32)30-29-23(31)16-9-11-17(26)12-10-16/h4-12,27H,13-14H2,1-3H3,(H,29,31)(H,30,32)/b28-19-. The number of amides is 2. The van der Waals surface area contributed by atoms with Crippen LogP contribution in [-0.4, -0.2) is 17.5 Å². The zero-order chi connectivity index (χ0) is 23.6. The molecular formula is C25H25FN4O3. The van der Waals surface area contributed by atoms with E-state index in [4.69, 9.17) is 4.42 Å². The predicted molar refractivity (Wildman–Crippen MR) is 123 cm³/mol. The number of hydrazine groups is 1. The van der Waals surface area contributed by atoms with Crippen molar-refractivity contribution in [1.82, 2.24) is 10.9 Å². The minimum Gasteiger partial charge on any atom is -0.455 e. The zero-order valence-electron chi connectivity index (χ0n) is 18.7. The summed E-state index contributed by atoms with van der Waals surface area (Å²) in [5.41, 5.74) is 11.0. The average molecular weight is 448 g/mol. The first-order valence-corrected chi connectivity index (χ1v) is 10.6. The molecule has 0 fully saturated rings. The number of hydrogen-bond acceptors (Lipinski definition) is 5. The van der Waals surface area contributed by atoms with Crippen molar-refractivity contribution >= 4 is 23.2 Å². The van der Waals surface area contributed by atoms with Gasteiger partial charge in [0, 0.05) is 23.1 Å². The molecule has 3 N–H and O–H groups in total. The third kappa shape index (κ3) is 4.95. The topological polar surface area (TPSA) is 95.7 Å². The molecule has 0 bridgehead atoms. The van der Waals surface area contributed by atoms with E-state index in [1.165, 1.54) is 24.3 Å². The molecule has 1 heterocycles. The molecule has 1 aliphatic carbocycles. The Labute approximate surface area is 191 Å². The van der Waals surface area contributed by atoms with Crippen LogP contribution in [0, 0.1) is 18.2 Å². The SMILES string of the molecule is Cc1c(C(=O)NNC(=O)c2ccc(F)cc2)oc2c1/C(=N\Nc1ccccc1)CC(C)(C)C2. The summed E-state index contributed by atoms with van der Waals surface area (Å²) in [5.74, 6) is -0.787. The van der Waals surface area contributed by atoms with Gasteiger partial charge in [0.05, 0.1) is 11.4 Å². The molecule has 3 aromatic rings. The van der Waals surface area contributed by atoms with Crippen molar-refractivity contribution in [2.45, 2.75) is 33.6 Å². The van der Waals surface area contributed by atoms with Gasteiger partial charge in [-0.25, -0.2) is 4.39 Å². The lowest BCUT2D eigenvalue weighted by molar-refractivity contribution is 0.0828. The maximum atomic E-state index is 13.1. The summed E-state index contributed by atoms with van der Waals surface area (Å²) < 4.78 is 19.0. The van der Waals surface area contributed by atoms with Gasteiger partial charge in [-0.05, 0) is 55.2 Å². The number of hydrazone groups is 1. The van der Waals surface area contributed by atoms with Crippen LogP contribution in [0.25, 0.3) is 0 Å². The average Bonchev–Trinajstić information content (AvgIpc) is 3.11. The van der Waals surface area contributed by atoms with Crippen molar-refractivity contribution in [3.8, 4) is 0 Å². The van der Waals surface area contributed by atoms with Gasteiger partial charge in [-0.15, -0.1) is 0 Å². The number of nitrogens with zero attached hydrogens (tertiary/aromatic N) is 1. The largest absolute Gasteiger partial charge is 0.455 e. The summed E-state index contributed by atoms with van der Waals surface area (Å²) in [6.07, 6.45) is 1.37. The van der Waals surface area contributed by atoms with Gasteiger partial charge in [0.1, 0.15) is 11.6 Å². The van der Waals surface area contributed by atoms with Gasteiger partial charge < -0.3 is 4.42 Å². The molecule has 2 amide bonds. The number of para-hydroxylation sites is 1. The Morgan fingerprint density at radius 1 is 0.970 bits per heavy atom. The Bertz CT molecular complexity index is 1210. The van der Waals surface area contributed by atoms with Crippen LogP contribution >= 0.6 is 0 Å². The molecule has 0 aliphatic heterocycles. The van der Waals surface area contributed by atoms with Crippen molar-refractivity contribution in [3.63, 3.8) is 0 Å². The second kappa shape index (κ2) is 8.90. The number of furan rings is 1. The quantitative estimate of drug-likeness (QED) is 0.509. The number of fused-ring (bicyclic) bond motifs is 1. The van der Waals surface area contributed by atoms with Gasteiger partial charge in [-0.1, -0.05) is 32.0 Å². The lowest BCUT2D eigenvalue weighted by atomic mass is 9.75. The molecule has 0 unspecified atom stereocenters. The zero-order valence-corrected chi connectivity index (χ0v) is 18.7. The Morgan fingerprint density at radius 2 is 1.64 bits per heavy atom. The van der Waals surface area contributed by atoms with Crippen LogP contribution in [0.1, 0.15) is 58.1 Å². The minimum absolute atomic E-state index is 0.0982. The first-order chi connectivity index (χ1) is 15.7. The third-order valence-corrected chi connectivity index (χ3v) is 5.49. The van der Waals surface area contributed by atoms with E-state index in [2.05, 4.69) is 35.2 Å². The number of carbonyl (C=O) groups excluding carboxylic acids is 2. The fourth-order valence-electron chi connectivity index (χ4n) is 3.91. The molecule has 7 nitrogen and oxygen atoms in total. The second-order valence-corrected chi connectivity index (χ2v) is 8.82. The number of halogens is 1. The highest BCUT2D eigenvalue weighted by Gasteiger charge is 2.36. The van der Waals surface area contributed by atoms with Crippen LogP contribution in [0.15, 0.2) is 64.1 Å². The summed E-state index contributed by atoms with van der Waals surface area (Å²) in [5, 5.41) is 4.62. The van der Waals surface area contributed by atoms with Gasteiger partial charge in [0.15, 0.2) is 5.76 Å². The Balaban J connectivity index is 1.55. The predicted octanol–water partition coefficient (Wildman–Crippen LogP) is 4.59. The number of rotatable bonds is 4. The molecule has 0 saturated carbocycles. The summed E-state index contributed by atoms with van der Waals surface area (Å²) in [7, 11) is 0. The van der Waals surface area contributed by atoms with Crippen molar-refractivity contribution < 1.29 is 18.4 Å². The lowest BCUT2D eigenvalue weighted by Gasteiger charge is -2.29. The van der Waals surface area contributed by atoms with E-state index < -0.39 is 17.6 Å². The maximum Gasteiger partial charge on any atom is 0.305 e. The number of benzene rings is 2. The van der Waals surface area contributed by atoms with E-state index in [0.717, 1.165) is 17.0 Å². The highest BCUT2D eigenvalue weighted by Crippen LogP contribution is 2.39. The van der Waals surface area contributed by atoms with Crippen LogP contribution in [0.4, 0.5) is 10.1 Å². The second-order valence-electron chi connectivity index (χ2n) is 8.82. The molecule has 8 heteroatoms. The highest BCUT2D eigenvalue weighted by molar-refractivity contribution is 6.07. The molecule has 1 aliphatic rings.